The third kappa shape index (κ3) is 4.90. The second-order valence-electron chi connectivity index (χ2n) is 10.2. The highest BCUT2D eigenvalue weighted by Gasteiger charge is 2.24. The average molecular weight is 483 g/mol. The van der Waals surface area contributed by atoms with Gasteiger partial charge in [-0.15, -0.1) is 0 Å². The number of hydrogen-bond acceptors (Lipinski definition) is 8. The molecule has 0 saturated carbocycles. The fourth-order valence-electron chi connectivity index (χ4n) is 4.47. The van der Waals surface area contributed by atoms with Gasteiger partial charge in [-0.3, -0.25) is 0 Å². The molecule has 8 nitrogen and oxygen atoms in total. The minimum atomic E-state index is 0.235. The predicted octanol–water partition coefficient (Wildman–Crippen LogP) is 4.52. The van der Waals surface area contributed by atoms with Crippen molar-refractivity contribution in [3.05, 3.63) is 24.4 Å². The Morgan fingerprint density at radius 1 is 1.12 bits per heavy atom. The molecular weight excluding hydrogens is 448 g/mol. The molecular formula is C25H34N6O2S. The maximum absolute atomic E-state index is 6.21. The van der Waals surface area contributed by atoms with Crippen LogP contribution in [0.1, 0.15) is 40.0 Å². The van der Waals surface area contributed by atoms with Crippen LogP contribution in [0.2, 0.25) is 0 Å². The van der Waals surface area contributed by atoms with E-state index in [1.165, 1.54) is 24.9 Å². The summed E-state index contributed by atoms with van der Waals surface area (Å²) in [6.45, 7) is 11.7. The first-order chi connectivity index (χ1) is 16.4. The highest BCUT2D eigenvalue weighted by molar-refractivity contribution is 7.99. The number of hydrogen-bond donors (Lipinski definition) is 2. The Kier molecular flexibility index (Phi) is 6.48. The molecule has 0 radical (unpaired) electrons. The van der Waals surface area contributed by atoms with Crippen molar-refractivity contribution in [2.24, 2.45) is 5.41 Å². The fraction of sp³-hybridized carbons (Fsp3) is 0.520. The quantitative estimate of drug-likeness (QED) is 0.475. The zero-order valence-corrected chi connectivity index (χ0v) is 21.1. The largest absolute Gasteiger partial charge is 0.454 e. The van der Waals surface area contributed by atoms with Crippen LogP contribution in [-0.4, -0.2) is 47.5 Å². The summed E-state index contributed by atoms with van der Waals surface area (Å²) in [5.74, 6) is 2.07. The second-order valence-corrected chi connectivity index (χ2v) is 11.2. The van der Waals surface area contributed by atoms with Crippen LogP contribution in [0.4, 0.5) is 11.5 Å². The molecule has 3 aromatic rings. The SMILES string of the molecule is CC(C)(C)CNCCn1c(Sc2cc3c(cc2N2CCCCC2)OCO3)nc2c(N)nccc21. The molecule has 0 aliphatic carbocycles. The van der Waals surface area contributed by atoms with E-state index in [-0.39, 0.29) is 12.2 Å². The summed E-state index contributed by atoms with van der Waals surface area (Å²) < 4.78 is 13.7. The average Bonchev–Trinajstić information content (AvgIpc) is 3.41. The van der Waals surface area contributed by atoms with Crippen LogP contribution in [0.15, 0.2) is 34.4 Å². The number of nitrogens with zero attached hydrogens (tertiary/aromatic N) is 4. The van der Waals surface area contributed by atoms with Gasteiger partial charge in [-0.1, -0.05) is 20.8 Å². The Balaban J connectivity index is 1.49. The molecule has 2 aromatic heterocycles. The molecule has 1 aromatic carbocycles. The van der Waals surface area contributed by atoms with Crippen LogP contribution < -0.4 is 25.4 Å². The van der Waals surface area contributed by atoms with Crippen LogP contribution >= 0.6 is 11.8 Å². The number of ether oxygens (including phenoxy) is 2. The van der Waals surface area contributed by atoms with Gasteiger partial charge in [0.2, 0.25) is 6.79 Å². The monoisotopic (exact) mass is 482 g/mol. The van der Waals surface area contributed by atoms with E-state index in [2.05, 4.69) is 52.7 Å². The zero-order chi connectivity index (χ0) is 23.7. The molecule has 0 amide bonds. The molecule has 3 N–H and O–H groups in total. The Labute approximate surface area is 205 Å². The van der Waals surface area contributed by atoms with E-state index in [1.807, 2.05) is 6.07 Å². The molecule has 2 aliphatic rings. The van der Waals surface area contributed by atoms with Gasteiger partial charge in [0.15, 0.2) is 22.5 Å². The summed E-state index contributed by atoms with van der Waals surface area (Å²) in [5.41, 5.74) is 9.39. The lowest BCUT2D eigenvalue weighted by atomic mass is 9.97. The number of benzene rings is 1. The lowest BCUT2D eigenvalue weighted by Gasteiger charge is -2.30. The van der Waals surface area contributed by atoms with E-state index in [9.17, 15) is 0 Å². The van der Waals surface area contributed by atoms with Gasteiger partial charge in [-0.25, -0.2) is 9.97 Å². The Morgan fingerprint density at radius 3 is 2.65 bits per heavy atom. The lowest BCUT2D eigenvalue weighted by molar-refractivity contribution is 0.174. The molecule has 9 heteroatoms. The summed E-state index contributed by atoms with van der Waals surface area (Å²) >= 11 is 1.66. The summed E-state index contributed by atoms with van der Waals surface area (Å²) in [6.07, 6.45) is 5.46. The van der Waals surface area contributed by atoms with E-state index in [0.717, 1.165) is 65.3 Å². The van der Waals surface area contributed by atoms with Gasteiger partial charge in [0.25, 0.3) is 0 Å². The molecule has 0 unspecified atom stereocenters. The zero-order valence-electron chi connectivity index (χ0n) is 20.3. The number of anilines is 2. The standard InChI is InChI=1S/C25H34N6O2S/c1-25(2,3)15-27-9-12-31-17-7-8-28-23(26)22(17)29-24(31)34-21-14-20-19(32-16-33-20)13-18(21)30-10-5-4-6-11-30/h7-8,13-14,27H,4-6,9-12,15-16H2,1-3H3,(H2,26,28). The molecule has 0 spiro atoms. The van der Waals surface area contributed by atoms with E-state index >= 15 is 0 Å². The smallest absolute Gasteiger partial charge is 0.231 e. The third-order valence-electron chi connectivity index (χ3n) is 6.18. The minimum Gasteiger partial charge on any atom is -0.454 e. The van der Waals surface area contributed by atoms with E-state index in [0.29, 0.717) is 5.82 Å². The molecule has 182 valence electrons. The Bertz CT molecular complexity index is 1170. The van der Waals surface area contributed by atoms with Gasteiger partial charge < -0.3 is 30.0 Å². The summed E-state index contributed by atoms with van der Waals surface area (Å²) in [7, 11) is 0. The molecule has 1 saturated heterocycles. The number of fused-ring (bicyclic) bond motifs is 2. The van der Waals surface area contributed by atoms with Gasteiger partial charge in [-0.2, -0.15) is 0 Å². The summed E-state index contributed by atoms with van der Waals surface area (Å²) in [5, 5.41) is 4.49. The van der Waals surface area contributed by atoms with Crippen molar-refractivity contribution >= 4 is 34.3 Å². The highest BCUT2D eigenvalue weighted by Crippen LogP contribution is 2.45. The topological polar surface area (TPSA) is 90.5 Å². The molecule has 34 heavy (non-hydrogen) atoms. The van der Waals surface area contributed by atoms with Crippen molar-refractivity contribution in [3.63, 3.8) is 0 Å². The van der Waals surface area contributed by atoms with Crippen LogP contribution in [0.25, 0.3) is 11.0 Å². The van der Waals surface area contributed by atoms with E-state index in [4.69, 9.17) is 20.2 Å². The van der Waals surface area contributed by atoms with Crippen molar-refractivity contribution < 1.29 is 9.47 Å². The maximum Gasteiger partial charge on any atom is 0.231 e. The number of nitrogen functional groups attached to an aromatic ring is 1. The predicted molar refractivity (Wildman–Crippen MR) is 137 cm³/mol. The maximum atomic E-state index is 6.21. The van der Waals surface area contributed by atoms with Gasteiger partial charge in [-0.05, 0) is 42.5 Å². The minimum absolute atomic E-state index is 0.235. The van der Waals surface area contributed by atoms with Crippen LogP contribution in [-0.2, 0) is 6.54 Å². The van der Waals surface area contributed by atoms with Gasteiger partial charge in [0.1, 0.15) is 5.52 Å². The summed E-state index contributed by atoms with van der Waals surface area (Å²) in [6, 6.07) is 6.22. The first-order valence-electron chi connectivity index (χ1n) is 12.1. The molecule has 1 fully saturated rings. The number of nitrogens with two attached hydrogens (primary N) is 1. The van der Waals surface area contributed by atoms with Crippen LogP contribution in [0.3, 0.4) is 0 Å². The van der Waals surface area contributed by atoms with Crippen molar-refractivity contribution in [3.8, 4) is 11.5 Å². The highest BCUT2D eigenvalue weighted by atomic mass is 32.2. The lowest BCUT2D eigenvalue weighted by Crippen LogP contribution is -2.30. The van der Waals surface area contributed by atoms with E-state index in [1.54, 1.807) is 18.0 Å². The molecule has 0 bridgehead atoms. The summed E-state index contributed by atoms with van der Waals surface area (Å²) in [4.78, 5) is 12.8. The Morgan fingerprint density at radius 2 is 1.88 bits per heavy atom. The van der Waals surface area contributed by atoms with Crippen LogP contribution in [0.5, 0.6) is 11.5 Å². The number of pyridine rings is 1. The molecule has 0 atom stereocenters. The first kappa shape index (κ1) is 23.1. The Hall–Kier alpha value is -2.65. The van der Waals surface area contributed by atoms with Gasteiger partial charge in [0.05, 0.1) is 11.2 Å². The number of imidazole rings is 1. The third-order valence-corrected chi connectivity index (χ3v) is 7.22. The number of rotatable bonds is 7. The normalized spacial score (nSPS) is 15.9. The van der Waals surface area contributed by atoms with Crippen molar-refractivity contribution in [1.29, 1.82) is 0 Å². The fourth-order valence-corrected chi connectivity index (χ4v) is 5.57. The first-order valence-corrected chi connectivity index (χ1v) is 12.9. The van der Waals surface area contributed by atoms with Gasteiger partial charge in [0, 0.05) is 55.9 Å². The van der Waals surface area contributed by atoms with Crippen molar-refractivity contribution in [2.45, 2.75) is 56.6 Å². The number of piperidine rings is 1. The van der Waals surface area contributed by atoms with E-state index < -0.39 is 0 Å². The second kappa shape index (κ2) is 9.54. The van der Waals surface area contributed by atoms with Crippen LogP contribution in [0, 0.1) is 5.41 Å². The molecule has 5 rings (SSSR count). The van der Waals surface area contributed by atoms with Gasteiger partial charge >= 0.3 is 0 Å². The molecule has 2 aliphatic heterocycles. The number of nitrogens with one attached hydrogen (secondary N) is 1. The number of aromatic nitrogens is 3. The molecule has 4 heterocycles. The van der Waals surface area contributed by atoms with Crippen molar-refractivity contribution in [1.82, 2.24) is 19.9 Å². The van der Waals surface area contributed by atoms with Crippen molar-refractivity contribution in [2.75, 3.05) is 43.6 Å².